The fraction of sp³-hybridized carbons (Fsp3) is 0.250. The number of fused-ring (bicyclic) bond motifs is 1. The Kier molecular flexibility index (Phi) is 4.50. The van der Waals surface area contributed by atoms with Crippen molar-refractivity contribution in [3.8, 4) is 0 Å². The molecule has 1 aliphatic rings. The minimum absolute atomic E-state index is 0.0193. The molecule has 3 rings (SSSR count). The molecular formula is C16H16ClFN2S. The van der Waals surface area contributed by atoms with Crippen LogP contribution in [0.2, 0.25) is 5.02 Å². The lowest BCUT2D eigenvalue weighted by Crippen LogP contribution is -2.41. The van der Waals surface area contributed by atoms with E-state index >= 15 is 0 Å². The third-order valence-electron chi connectivity index (χ3n) is 3.88. The Morgan fingerprint density at radius 1 is 1.33 bits per heavy atom. The van der Waals surface area contributed by atoms with Crippen LogP contribution in [0.25, 0.3) is 0 Å². The van der Waals surface area contributed by atoms with Crippen molar-refractivity contribution in [2.24, 2.45) is 5.84 Å². The number of halogens is 2. The first-order chi connectivity index (χ1) is 10.2. The summed E-state index contributed by atoms with van der Waals surface area (Å²) in [6, 6.07) is 12.9. The van der Waals surface area contributed by atoms with Gasteiger partial charge in [0.15, 0.2) is 0 Å². The molecule has 0 spiro atoms. The van der Waals surface area contributed by atoms with Gasteiger partial charge in [0.2, 0.25) is 0 Å². The summed E-state index contributed by atoms with van der Waals surface area (Å²) < 4.78 is 13.9. The highest BCUT2D eigenvalue weighted by molar-refractivity contribution is 7.99. The van der Waals surface area contributed by atoms with Gasteiger partial charge in [-0.1, -0.05) is 29.8 Å². The summed E-state index contributed by atoms with van der Waals surface area (Å²) in [5.74, 6) is 6.72. The van der Waals surface area contributed by atoms with Crippen LogP contribution < -0.4 is 11.3 Å². The second-order valence-electron chi connectivity index (χ2n) is 5.17. The summed E-state index contributed by atoms with van der Waals surface area (Å²) in [6.45, 7) is 0. The molecule has 5 heteroatoms. The lowest BCUT2D eigenvalue weighted by molar-refractivity contribution is 0.454. The van der Waals surface area contributed by atoms with E-state index in [1.807, 2.05) is 23.9 Å². The highest BCUT2D eigenvalue weighted by Gasteiger charge is 2.30. The smallest absolute Gasteiger partial charge is 0.126 e. The van der Waals surface area contributed by atoms with Crippen LogP contribution >= 0.6 is 23.4 Å². The van der Waals surface area contributed by atoms with Crippen LogP contribution in [-0.2, 0) is 6.42 Å². The Labute approximate surface area is 132 Å². The molecular weight excluding hydrogens is 307 g/mol. The van der Waals surface area contributed by atoms with Crippen LogP contribution in [0.3, 0.4) is 0 Å². The molecule has 21 heavy (non-hydrogen) atoms. The van der Waals surface area contributed by atoms with Crippen molar-refractivity contribution in [2.75, 3.05) is 5.75 Å². The van der Waals surface area contributed by atoms with Crippen molar-refractivity contribution >= 4 is 23.4 Å². The number of hydrazine groups is 1. The molecule has 3 N–H and O–H groups in total. The van der Waals surface area contributed by atoms with Crippen molar-refractivity contribution in [3.05, 3.63) is 64.4 Å². The zero-order chi connectivity index (χ0) is 14.8. The average molecular weight is 323 g/mol. The van der Waals surface area contributed by atoms with Crippen LogP contribution in [0.1, 0.15) is 17.0 Å². The number of hydrogen-bond acceptors (Lipinski definition) is 3. The van der Waals surface area contributed by atoms with Crippen LogP contribution in [0, 0.1) is 5.82 Å². The highest BCUT2D eigenvalue weighted by Crippen LogP contribution is 2.41. The van der Waals surface area contributed by atoms with Crippen molar-refractivity contribution < 1.29 is 4.39 Å². The van der Waals surface area contributed by atoms with Crippen molar-refractivity contribution in [1.82, 2.24) is 5.43 Å². The molecule has 0 fully saturated rings. The molecule has 2 atom stereocenters. The number of hydrogen-bond donors (Lipinski definition) is 2. The standard InChI is InChI=1S/C16H16ClFN2S/c17-11-5-6-14(18)10(7-11)8-15(20-19)13-9-21-16-4-2-1-3-12(13)16/h1-7,13,15,20H,8-9,19H2. The number of benzene rings is 2. The second kappa shape index (κ2) is 6.36. The molecule has 0 radical (unpaired) electrons. The van der Waals surface area contributed by atoms with Gasteiger partial charge in [0.1, 0.15) is 5.82 Å². The van der Waals surface area contributed by atoms with Crippen LogP contribution in [0.15, 0.2) is 47.4 Å². The Morgan fingerprint density at radius 2 is 2.14 bits per heavy atom. The van der Waals surface area contributed by atoms with E-state index in [1.54, 1.807) is 12.1 Å². The number of nitrogens with two attached hydrogens (primary N) is 1. The predicted octanol–water partition coefficient (Wildman–Crippen LogP) is 3.74. The van der Waals surface area contributed by atoms with Gasteiger partial charge in [-0.15, -0.1) is 11.8 Å². The third kappa shape index (κ3) is 3.09. The molecule has 1 heterocycles. The lowest BCUT2D eigenvalue weighted by Gasteiger charge is -2.23. The Morgan fingerprint density at radius 3 is 2.95 bits per heavy atom. The quantitative estimate of drug-likeness (QED) is 0.665. The van der Waals surface area contributed by atoms with Gasteiger partial charge < -0.3 is 0 Å². The first-order valence-corrected chi connectivity index (χ1v) is 8.17. The fourth-order valence-corrected chi connectivity index (χ4v) is 4.30. The summed E-state index contributed by atoms with van der Waals surface area (Å²) in [5.41, 5.74) is 4.74. The molecule has 0 aromatic heterocycles. The van der Waals surface area contributed by atoms with E-state index in [9.17, 15) is 4.39 Å². The van der Waals surface area contributed by atoms with E-state index in [4.69, 9.17) is 17.4 Å². The second-order valence-corrected chi connectivity index (χ2v) is 6.67. The van der Waals surface area contributed by atoms with Gasteiger partial charge in [0, 0.05) is 27.6 Å². The zero-order valence-corrected chi connectivity index (χ0v) is 12.9. The molecule has 2 aromatic rings. The molecule has 110 valence electrons. The van der Waals surface area contributed by atoms with Gasteiger partial charge in [-0.3, -0.25) is 11.3 Å². The van der Waals surface area contributed by atoms with Gasteiger partial charge in [0.25, 0.3) is 0 Å². The SMILES string of the molecule is NNC(Cc1cc(Cl)ccc1F)C1CSc2ccccc21. The molecule has 1 aliphatic heterocycles. The molecule has 0 amide bonds. The van der Waals surface area contributed by atoms with E-state index in [0.29, 0.717) is 17.0 Å². The maximum Gasteiger partial charge on any atom is 0.126 e. The maximum atomic E-state index is 13.9. The normalized spacial score (nSPS) is 18.5. The van der Waals surface area contributed by atoms with E-state index in [1.165, 1.54) is 16.5 Å². The van der Waals surface area contributed by atoms with Gasteiger partial charge in [-0.2, -0.15) is 0 Å². The number of thioether (sulfide) groups is 1. The molecule has 0 saturated heterocycles. The minimum Gasteiger partial charge on any atom is -0.271 e. The predicted molar refractivity (Wildman–Crippen MR) is 86.1 cm³/mol. The summed E-state index contributed by atoms with van der Waals surface area (Å²) in [4.78, 5) is 1.29. The Hall–Kier alpha value is -1.07. The van der Waals surface area contributed by atoms with Crippen molar-refractivity contribution in [2.45, 2.75) is 23.3 Å². The fourth-order valence-electron chi connectivity index (χ4n) is 2.77. The topological polar surface area (TPSA) is 38.0 Å². The molecule has 2 unspecified atom stereocenters. The Bertz CT molecular complexity index is 650. The van der Waals surface area contributed by atoms with Crippen LogP contribution in [-0.4, -0.2) is 11.8 Å². The molecule has 2 aromatic carbocycles. The van der Waals surface area contributed by atoms with E-state index in [0.717, 1.165) is 5.75 Å². The van der Waals surface area contributed by atoms with Crippen LogP contribution in [0.4, 0.5) is 4.39 Å². The van der Waals surface area contributed by atoms with E-state index < -0.39 is 0 Å². The molecule has 2 nitrogen and oxygen atoms in total. The van der Waals surface area contributed by atoms with E-state index in [-0.39, 0.29) is 17.8 Å². The summed E-state index contributed by atoms with van der Waals surface area (Å²) in [5, 5.41) is 0.545. The van der Waals surface area contributed by atoms with Gasteiger partial charge in [-0.05, 0) is 41.8 Å². The third-order valence-corrected chi connectivity index (χ3v) is 5.33. The average Bonchev–Trinajstić information content (AvgIpc) is 2.92. The molecule has 0 aliphatic carbocycles. The summed E-state index contributed by atoms with van der Waals surface area (Å²) >= 11 is 7.78. The first-order valence-electron chi connectivity index (χ1n) is 6.81. The molecule has 0 bridgehead atoms. The van der Waals surface area contributed by atoms with Gasteiger partial charge >= 0.3 is 0 Å². The minimum atomic E-state index is -0.237. The number of rotatable bonds is 4. The van der Waals surface area contributed by atoms with Crippen LogP contribution in [0.5, 0.6) is 0 Å². The lowest BCUT2D eigenvalue weighted by atomic mass is 9.89. The summed E-state index contributed by atoms with van der Waals surface area (Å²) in [6.07, 6.45) is 0.516. The van der Waals surface area contributed by atoms with Crippen molar-refractivity contribution in [1.29, 1.82) is 0 Å². The largest absolute Gasteiger partial charge is 0.271 e. The van der Waals surface area contributed by atoms with E-state index in [2.05, 4.69) is 17.6 Å². The monoisotopic (exact) mass is 322 g/mol. The maximum absolute atomic E-state index is 13.9. The first kappa shape index (κ1) is 14.9. The zero-order valence-electron chi connectivity index (χ0n) is 11.4. The Balaban J connectivity index is 1.85. The molecule has 0 saturated carbocycles. The van der Waals surface area contributed by atoms with Gasteiger partial charge in [0.05, 0.1) is 0 Å². The number of nitrogens with one attached hydrogen (secondary N) is 1. The van der Waals surface area contributed by atoms with Gasteiger partial charge in [-0.25, -0.2) is 4.39 Å². The highest BCUT2D eigenvalue weighted by atomic mass is 35.5. The summed E-state index contributed by atoms with van der Waals surface area (Å²) in [7, 11) is 0. The van der Waals surface area contributed by atoms with Crippen molar-refractivity contribution in [3.63, 3.8) is 0 Å².